The minimum atomic E-state index is -0.592. The van der Waals surface area contributed by atoms with Crippen LogP contribution in [0.2, 0.25) is 0 Å². The Morgan fingerprint density at radius 3 is 2.65 bits per heavy atom. The summed E-state index contributed by atoms with van der Waals surface area (Å²) in [6, 6.07) is 21.8. The summed E-state index contributed by atoms with van der Waals surface area (Å²) >= 11 is 1.41. The maximum Gasteiger partial charge on any atom is 0.266 e. The van der Waals surface area contributed by atoms with E-state index in [4.69, 9.17) is 4.74 Å². The molecule has 5 rings (SSSR count). The zero-order valence-corrected chi connectivity index (χ0v) is 20.7. The van der Waals surface area contributed by atoms with Crippen LogP contribution in [-0.2, 0) is 24.2 Å². The third-order valence-corrected chi connectivity index (χ3v) is 7.64. The normalized spacial score (nSPS) is 12.9. The average molecular weight is 508 g/mol. The largest absolute Gasteiger partial charge is 0.488 e. The lowest BCUT2D eigenvalue weighted by molar-refractivity contribution is -0.112. The van der Waals surface area contributed by atoms with Crippen LogP contribution < -0.4 is 10.1 Å². The number of nitrogens with zero attached hydrogens (tertiary/aromatic N) is 2. The Morgan fingerprint density at radius 1 is 1.05 bits per heavy atom. The van der Waals surface area contributed by atoms with Gasteiger partial charge in [-0.25, -0.2) is 4.39 Å². The van der Waals surface area contributed by atoms with Gasteiger partial charge in [-0.1, -0.05) is 48.5 Å². The molecule has 1 aliphatic carbocycles. The molecule has 1 amide bonds. The van der Waals surface area contributed by atoms with Gasteiger partial charge >= 0.3 is 0 Å². The maximum absolute atomic E-state index is 14.2. The first-order chi connectivity index (χ1) is 18.1. The number of carbonyl (C=O) groups is 1. The second kappa shape index (κ2) is 10.7. The van der Waals surface area contributed by atoms with Gasteiger partial charge in [-0.05, 0) is 60.2 Å². The Morgan fingerprint density at radius 2 is 1.84 bits per heavy atom. The van der Waals surface area contributed by atoms with E-state index in [9.17, 15) is 19.7 Å². The Labute approximate surface area is 218 Å². The van der Waals surface area contributed by atoms with Crippen LogP contribution in [0, 0.1) is 28.5 Å². The monoisotopic (exact) mass is 507 g/mol. The van der Waals surface area contributed by atoms with E-state index in [0.29, 0.717) is 27.4 Å². The fraction of sp³-hybridized carbons (Fsp3) is 0.167. The summed E-state index contributed by atoms with van der Waals surface area (Å²) in [7, 11) is 0. The van der Waals surface area contributed by atoms with Crippen LogP contribution >= 0.6 is 11.3 Å². The molecule has 1 N–H and O–H groups in total. The van der Waals surface area contributed by atoms with E-state index < -0.39 is 5.91 Å². The Bertz CT molecular complexity index is 1620. The number of hydrogen-bond donors (Lipinski definition) is 1. The SMILES string of the molecule is N#CC(=Cc1c(OCc2ccccc2F)ccc2ccccc12)C(=O)Nc1sc2c(c1C#N)CCCC2. The van der Waals surface area contributed by atoms with Crippen LogP contribution in [-0.4, -0.2) is 5.91 Å². The number of thiophene rings is 1. The second-order valence-corrected chi connectivity index (χ2v) is 9.83. The molecule has 37 heavy (non-hydrogen) atoms. The summed E-state index contributed by atoms with van der Waals surface area (Å²) < 4.78 is 20.1. The van der Waals surface area contributed by atoms with Gasteiger partial charge < -0.3 is 10.1 Å². The van der Waals surface area contributed by atoms with Crippen LogP contribution in [0.1, 0.15) is 40.0 Å². The first-order valence-corrected chi connectivity index (χ1v) is 12.8. The molecule has 0 saturated heterocycles. The van der Waals surface area contributed by atoms with Gasteiger partial charge in [-0.15, -0.1) is 11.3 Å². The summed E-state index contributed by atoms with van der Waals surface area (Å²) in [5.41, 5.74) is 2.32. The van der Waals surface area contributed by atoms with Gasteiger partial charge in [0.25, 0.3) is 5.91 Å². The van der Waals surface area contributed by atoms with E-state index in [1.807, 2.05) is 36.4 Å². The smallest absolute Gasteiger partial charge is 0.266 e. The number of aryl methyl sites for hydroxylation is 1. The zero-order chi connectivity index (χ0) is 25.8. The number of amides is 1. The summed E-state index contributed by atoms with van der Waals surface area (Å²) in [5, 5.41) is 24.6. The molecule has 0 spiro atoms. The number of hydrogen-bond acceptors (Lipinski definition) is 5. The molecule has 1 heterocycles. The lowest BCUT2D eigenvalue weighted by Gasteiger charge is -2.13. The number of anilines is 1. The fourth-order valence-corrected chi connectivity index (χ4v) is 5.79. The molecule has 0 saturated carbocycles. The van der Waals surface area contributed by atoms with Crippen LogP contribution in [0.4, 0.5) is 9.39 Å². The molecule has 182 valence electrons. The van der Waals surface area contributed by atoms with Crippen molar-refractivity contribution in [2.45, 2.75) is 32.3 Å². The number of halogens is 1. The van der Waals surface area contributed by atoms with Crippen LogP contribution in [0.15, 0.2) is 66.2 Å². The number of nitrogens with one attached hydrogen (secondary N) is 1. The van der Waals surface area contributed by atoms with Gasteiger partial charge in [0.1, 0.15) is 40.9 Å². The molecule has 4 aromatic rings. The van der Waals surface area contributed by atoms with Gasteiger partial charge in [0.2, 0.25) is 0 Å². The molecule has 0 unspecified atom stereocenters. The van der Waals surface area contributed by atoms with Gasteiger partial charge in [-0.3, -0.25) is 4.79 Å². The van der Waals surface area contributed by atoms with E-state index in [-0.39, 0.29) is 18.0 Å². The standard InChI is InChI=1S/C30H22FN3O2S/c31-26-11-5-2-8-20(26)18-36-27-14-13-19-7-1-3-9-22(19)24(27)15-21(16-32)29(35)34-30-25(17-33)23-10-4-6-12-28(23)37-30/h1-3,5,7-9,11,13-15H,4,6,10,12,18H2,(H,34,35). The van der Waals surface area contributed by atoms with Crippen molar-refractivity contribution in [2.24, 2.45) is 0 Å². The van der Waals surface area contributed by atoms with Crippen molar-refractivity contribution in [1.29, 1.82) is 10.5 Å². The predicted octanol–water partition coefficient (Wildman–Crippen LogP) is 6.92. The Balaban J connectivity index is 1.50. The van der Waals surface area contributed by atoms with Crippen molar-refractivity contribution >= 4 is 39.1 Å². The van der Waals surface area contributed by atoms with Crippen molar-refractivity contribution in [3.8, 4) is 17.9 Å². The highest BCUT2D eigenvalue weighted by atomic mass is 32.1. The van der Waals surface area contributed by atoms with Gasteiger partial charge in [0.05, 0.1) is 5.56 Å². The van der Waals surface area contributed by atoms with Crippen LogP contribution in [0.5, 0.6) is 5.75 Å². The summed E-state index contributed by atoms with van der Waals surface area (Å²) in [5.74, 6) is -0.540. The molecule has 3 aromatic carbocycles. The molecular formula is C30H22FN3O2S. The third kappa shape index (κ3) is 4.95. The van der Waals surface area contributed by atoms with Gasteiger partial charge in [0.15, 0.2) is 0 Å². The minimum Gasteiger partial charge on any atom is -0.488 e. The minimum absolute atomic E-state index is 0.00772. The predicted molar refractivity (Wildman–Crippen MR) is 143 cm³/mol. The number of carbonyl (C=O) groups excluding carboxylic acids is 1. The Hall–Kier alpha value is -4.46. The first-order valence-electron chi connectivity index (χ1n) is 11.9. The second-order valence-electron chi connectivity index (χ2n) is 8.73. The highest BCUT2D eigenvalue weighted by molar-refractivity contribution is 7.16. The summed E-state index contributed by atoms with van der Waals surface area (Å²) in [4.78, 5) is 14.3. The molecule has 0 atom stereocenters. The Kier molecular flexibility index (Phi) is 6.98. The van der Waals surface area contributed by atoms with E-state index in [0.717, 1.165) is 46.9 Å². The van der Waals surface area contributed by atoms with Gasteiger partial charge in [0, 0.05) is 16.0 Å². The van der Waals surface area contributed by atoms with E-state index in [1.165, 1.54) is 23.5 Å². The fourth-order valence-electron chi connectivity index (χ4n) is 4.56. The van der Waals surface area contributed by atoms with E-state index >= 15 is 0 Å². The first kappa shape index (κ1) is 24.2. The molecule has 1 aromatic heterocycles. The van der Waals surface area contributed by atoms with E-state index in [2.05, 4.69) is 11.4 Å². The molecule has 7 heteroatoms. The zero-order valence-electron chi connectivity index (χ0n) is 19.9. The van der Waals surface area contributed by atoms with Crippen LogP contribution in [0.3, 0.4) is 0 Å². The maximum atomic E-state index is 14.2. The summed E-state index contributed by atoms with van der Waals surface area (Å²) in [6.07, 6.45) is 5.29. The molecule has 5 nitrogen and oxygen atoms in total. The number of fused-ring (bicyclic) bond motifs is 2. The summed E-state index contributed by atoms with van der Waals surface area (Å²) in [6.45, 7) is -0.00772. The molecule has 1 aliphatic rings. The lowest BCUT2D eigenvalue weighted by Crippen LogP contribution is -2.13. The molecule has 0 aliphatic heterocycles. The quantitative estimate of drug-likeness (QED) is 0.227. The average Bonchev–Trinajstić information content (AvgIpc) is 3.28. The number of nitriles is 2. The molecule has 0 bridgehead atoms. The van der Waals surface area contributed by atoms with Gasteiger partial charge in [-0.2, -0.15) is 10.5 Å². The molecule has 0 fully saturated rings. The number of ether oxygens (including phenoxy) is 1. The number of rotatable bonds is 6. The molecular weight excluding hydrogens is 485 g/mol. The van der Waals surface area contributed by atoms with Crippen LogP contribution in [0.25, 0.3) is 16.8 Å². The van der Waals surface area contributed by atoms with Crippen molar-refractivity contribution in [2.75, 3.05) is 5.32 Å². The number of benzene rings is 3. The topological polar surface area (TPSA) is 85.9 Å². The highest BCUT2D eigenvalue weighted by Gasteiger charge is 2.23. The van der Waals surface area contributed by atoms with Crippen molar-refractivity contribution < 1.29 is 13.9 Å². The highest BCUT2D eigenvalue weighted by Crippen LogP contribution is 2.38. The van der Waals surface area contributed by atoms with E-state index in [1.54, 1.807) is 24.3 Å². The molecule has 0 radical (unpaired) electrons. The lowest BCUT2D eigenvalue weighted by atomic mass is 9.96. The van der Waals surface area contributed by atoms with Crippen molar-refractivity contribution in [3.05, 3.63) is 99.2 Å². The van der Waals surface area contributed by atoms with Crippen molar-refractivity contribution in [3.63, 3.8) is 0 Å². The van der Waals surface area contributed by atoms with Crippen molar-refractivity contribution in [1.82, 2.24) is 0 Å². The third-order valence-electron chi connectivity index (χ3n) is 6.44.